The molecule has 3 aromatic heterocycles. The first-order chi connectivity index (χ1) is 21.4. The molecular weight excluding hydrogens is 584 g/mol. The number of para-hydroxylation sites is 1. The summed E-state index contributed by atoms with van der Waals surface area (Å²) in [5, 5.41) is 4.46. The lowest BCUT2D eigenvalue weighted by atomic mass is 9.88. The van der Waals surface area contributed by atoms with E-state index in [0.717, 1.165) is 79.4 Å². The summed E-state index contributed by atoms with van der Waals surface area (Å²) in [6, 6.07) is 15.6. The van der Waals surface area contributed by atoms with Gasteiger partial charge in [-0.05, 0) is 74.7 Å². The average Bonchev–Trinajstić information content (AvgIpc) is 3.69. The molecule has 2 saturated heterocycles. The van der Waals surface area contributed by atoms with Crippen molar-refractivity contribution in [3.05, 3.63) is 87.3 Å². The number of halogens is 1. The van der Waals surface area contributed by atoms with Crippen LogP contribution in [-0.2, 0) is 23.6 Å². The van der Waals surface area contributed by atoms with Crippen LogP contribution >= 0.6 is 11.6 Å². The second-order valence-corrected chi connectivity index (χ2v) is 12.2. The van der Waals surface area contributed by atoms with Crippen molar-refractivity contribution < 1.29 is 18.7 Å². The fourth-order valence-electron chi connectivity index (χ4n) is 6.44. The van der Waals surface area contributed by atoms with Crippen molar-refractivity contribution in [2.75, 3.05) is 19.7 Å². The lowest BCUT2D eigenvalue weighted by Crippen LogP contribution is -2.35. The number of fused-ring (bicyclic) bond motifs is 2. The van der Waals surface area contributed by atoms with E-state index in [1.165, 1.54) is 5.56 Å². The highest BCUT2D eigenvalue weighted by Crippen LogP contribution is 2.49. The number of piperidine rings is 1. The molecule has 8 rings (SSSR count). The van der Waals surface area contributed by atoms with Crippen LogP contribution in [0.25, 0.3) is 22.6 Å². The second kappa shape index (κ2) is 10.8. The van der Waals surface area contributed by atoms with Crippen LogP contribution < -0.4 is 15.2 Å². The van der Waals surface area contributed by atoms with Gasteiger partial charge in [0, 0.05) is 29.7 Å². The van der Waals surface area contributed by atoms with Gasteiger partial charge in [0.1, 0.15) is 11.5 Å². The van der Waals surface area contributed by atoms with Gasteiger partial charge in [-0.1, -0.05) is 28.9 Å². The number of nitrogens with zero attached hydrogens (tertiary/aromatic N) is 5. The number of rotatable bonds is 7. The van der Waals surface area contributed by atoms with E-state index < -0.39 is 11.5 Å². The molecule has 3 aliphatic heterocycles. The fourth-order valence-corrected chi connectivity index (χ4v) is 6.57. The maximum absolute atomic E-state index is 11.5. The van der Waals surface area contributed by atoms with Gasteiger partial charge >= 0.3 is 5.76 Å². The summed E-state index contributed by atoms with van der Waals surface area (Å²) in [5.74, 6) is 1.71. The van der Waals surface area contributed by atoms with Gasteiger partial charge in [0.05, 0.1) is 36.4 Å². The summed E-state index contributed by atoms with van der Waals surface area (Å²) in [7, 11) is 0. The average molecular weight is 615 g/mol. The Morgan fingerprint density at radius 3 is 2.64 bits per heavy atom. The number of aromatic amines is 1. The third-order valence-corrected chi connectivity index (χ3v) is 9.20. The van der Waals surface area contributed by atoms with Gasteiger partial charge in [0.2, 0.25) is 5.82 Å². The lowest BCUT2D eigenvalue weighted by Gasteiger charge is -2.33. The number of H-pyrrole nitrogens is 1. The van der Waals surface area contributed by atoms with Crippen molar-refractivity contribution in [2.24, 2.45) is 0 Å². The topological polar surface area (TPSA) is 121 Å². The molecule has 3 aliphatic rings. The first-order valence-corrected chi connectivity index (χ1v) is 15.3. The SMILES string of the molecule is CC1(c2ccc(Cl)cc2)Oc2cccc(C3CCN(Cc4nc5cc(-c6noc(=O)[nH]6)ncc5n4CC4CCO4)CC3)c2O1. The van der Waals surface area contributed by atoms with E-state index in [9.17, 15) is 4.79 Å². The van der Waals surface area contributed by atoms with Gasteiger partial charge in [0.15, 0.2) is 11.5 Å². The standard InChI is InChI=1S/C32H31ClN6O5/c1-32(20-5-7-21(33)8-6-20)42-27-4-2-3-23(29(27)43-32)19-9-12-38(13-10-19)18-28-35-24-15-25(30-36-31(40)44-37-30)34-16-26(24)39(28)17-22-11-14-41-22/h2-8,15-16,19,22H,9-14,17-18H2,1H3,(H,36,37,40). The summed E-state index contributed by atoms with van der Waals surface area (Å²) in [4.78, 5) is 26.0. The minimum atomic E-state index is -0.898. The lowest BCUT2D eigenvalue weighted by molar-refractivity contribution is -0.0685. The van der Waals surface area contributed by atoms with Crippen LogP contribution in [0.4, 0.5) is 0 Å². The number of ether oxygens (including phenoxy) is 3. The Hall–Kier alpha value is -4.19. The molecule has 6 heterocycles. The van der Waals surface area contributed by atoms with E-state index in [2.05, 4.69) is 41.2 Å². The zero-order chi connectivity index (χ0) is 29.8. The van der Waals surface area contributed by atoms with E-state index in [1.807, 2.05) is 43.3 Å². The Labute approximate surface area is 257 Å². The number of hydrogen-bond donors (Lipinski definition) is 1. The third-order valence-electron chi connectivity index (χ3n) is 8.95. The Balaban J connectivity index is 0.999. The molecule has 2 aromatic carbocycles. The van der Waals surface area contributed by atoms with E-state index >= 15 is 0 Å². The quantitative estimate of drug-likeness (QED) is 0.262. The number of hydrogen-bond acceptors (Lipinski definition) is 9. The van der Waals surface area contributed by atoms with Crippen molar-refractivity contribution in [3.8, 4) is 23.0 Å². The number of pyridine rings is 1. The minimum Gasteiger partial charge on any atom is -0.445 e. The van der Waals surface area contributed by atoms with E-state index in [1.54, 1.807) is 6.20 Å². The first kappa shape index (κ1) is 27.4. The fraction of sp³-hybridized carbons (Fsp3) is 0.375. The van der Waals surface area contributed by atoms with Crippen molar-refractivity contribution >= 4 is 22.6 Å². The van der Waals surface area contributed by atoms with Crippen LogP contribution in [0.3, 0.4) is 0 Å². The van der Waals surface area contributed by atoms with Gasteiger partial charge < -0.3 is 18.8 Å². The summed E-state index contributed by atoms with van der Waals surface area (Å²) in [6.07, 6.45) is 4.97. The van der Waals surface area contributed by atoms with Crippen LogP contribution in [0.15, 0.2) is 64.0 Å². The van der Waals surface area contributed by atoms with Crippen LogP contribution in [0, 0.1) is 0 Å². The Morgan fingerprint density at radius 1 is 1.09 bits per heavy atom. The first-order valence-electron chi connectivity index (χ1n) is 14.9. The molecule has 0 saturated carbocycles. The second-order valence-electron chi connectivity index (χ2n) is 11.8. The highest BCUT2D eigenvalue weighted by Gasteiger charge is 2.41. The smallest absolute Gasteiger partial charge is 0.439 e. The zero-order valence-corrected chi connectivity index (χ0v) is 24.9. The predicted octanol–water partition coefficient (Wildman–Crippen LogP) is 5.24. The van der Waals surface area contributed by atoms with Crippen LogP contribution in [0.1, 0.15) is 49.1 Å². The minimum absolute atomic E-state index is 0.171. The number of likely N-dealkylation sites (tertiary alicyclic amines) is 1. The van der Waals surface area contributed by atoms with Gasteiger partial charge in [-0.15, -0.1) is 0 Å². The largest absolute Gasteiger partial charge is 0.445 e. The number of imidazole rings is 1. The summed E-state index contributed by atoms with van der Waals surface area (Å²) < 4.78 is 25.5. The van der Waals surface area contributed by atoms with E-state index in [4.69, 9.17) is 30.8 Å². The van der Waals surface area contributed by atoms with Gasteiger partial charge in [-0.3, -0.25) is 19.4 Å². The van der Waals surface area contributed by atoms with Crippen LogP contribution in [0.2, 0.25) is 5.02 Å². The summed E-state index contributed by atoms with van der Waals surface area (Å²) >= 11 is 6.12. The Morgan fingerprint density at radius 2 is 1.91 bits per heavy atom. The van der Waals surface area contributed by atoms with Crippen molar-refractivity contribution in [2.45, 2.75) is 57.1 Å². The molecule has 11 nitrogen and oxygen atoms in total. The molecule has 0 amide bonds. The maximum atomic E-state index is 11.5. The van der Waals surface area contributed by atoms with E-state index in [0.29, 0.717) is 23.2 Å². The van der Waals surface area contributed by atoms with Crippen molar-refractivity contribution in [3.63, 3.8) is 0 Å². The molecule has 2 fully saturated rings. The monoisotopic (exact) mass is 614 g/mol. The molecule has 44 heavy (non-hydrogen) atoms. The normalized spacial score (nSPS) is 22.0. The molecule has 12 heteroatoms. The molecular formula is C32H31ClN6O5. The van der Waals surface area contributed by atoms with E-state index in [-0.39, 0.29) is 11.9 Å². The molecule has 0 bridgehead atoms. The highest BCUT2D eigenvalue weighted by atomic mass is 35.5. The molecule has 0 spiro atoms. The van der Waals surface area contributed by atoms with Crippen molar-refractivity contribution in [1.29, 1.82) is 0 Å². The summed E-state index contributed by atoms with van der Waals surface area (Å²) in [6.45, 7) is 6.04. The molecule has 0 radical (unpaired) electrons. The third kappa shape index (κ3) is 4.94. The van der Waals surface area contributed by atoms with Crippen LogP contribution in [-0.4, -0.2) is 55.4 Å². The van der Waals surface area contributed by atoms with Gasteiger partial charge in [-0.2, -0.15) is 0 Å². The number of nitrogens with one attached hydrogen (secondary N) is 1. The predicted molar refractivity (Wildman–Crippen MR) is 162 cm³/mol. The molecule has 5 aromatic rings. The van der Waals surface area contributed by atoms with Gasteiger partial charge in [-0.25, -0.2) is 9.78 Å². The Kier molecular flexibility index (Phi) is 6.69. The molecule has 2 atom stereocenters. The number of benzene rings is 2. The van der Waals surface area contributed by atoms with Crippen LogP contribution in [0.5, 0.6) is 11.5 Å². The Bertz CT molecular complexity index is 1890. The van der Waals surface area contributed by atoms with Crippen molar-refractivity contribution in [1.82, 2.24) is 29.6 Å². The highest BCUT2D eigenvalue weighted by molar-refractivity contribution is 6.30. The molecule has 2 unspecified atom stereocenters. The molecule has 1 N–H and O–H groups in total. The zero-order valence-electron chi connectivity index (χ0n) is 24.2. The summed E-state index contributed by atoms with van der Waals surface area (Å²) in [5.41, 5.74) is 4.35. The maximum Gasteiger partial charge on any atom is 0.439 e. The molecule has 226 valence electrons. The molecule has 0 aliphatic carbocycles. The number of aromatic nitrogens is 5. The van der Waals surface area contributed by atoms with Gasteiger partial charge in [0.25, 0.3) is 5.79 Å².